The smallest absolute Gasteiger partial charge is 0.416 e. The Kier molecular flexibility index (Phi) is 7.36. The van der Waals surface area contributed by atoms with Gasteiger partial charge in [0, 0.05) is 18.4 Å². The normalized spacial score (nSPS) is 12.4. The highest BCUT2D eigenvalue weighted by molar-refractivity contribution is 5.99. The average molecular weight is 499 g/mol. The SMILES string of the molecule is O=C(CCc1nn[nH]n1)c1cc(C(F)(F)F)ccc1Oc1ccc(-c2cccc([C@H](O)CO)n2)cc1. The Bertz CT molecular complexity index is 1330. The molecule has 0 aliphatic carbocycles. The van der Waals surface area contributed by atoms with E-state index in [0.29, 0.717) is 17.0 Å². The molecule has 36 heavy (non-hydrogen) atoms. The number of alkyl halides is 3. The number of ketones is 1. The second-order valence-electron chi connectivity index (χ2n) is 7.73. The lowest BCUT2D eigenvalue weighted by Gasteiger charge is -2.14. The lowest BCUT2D eigenvalue weighted by Crippen LogP contribution is -2.10. The molecule has 2 heterocycles. The number of Topliss-reactive ketones (excluding diaryl/α,β-unsaturated/α-hetero) is 1. The zero-order chi connectivity index (χ0) is 25.7. The van der Waals surface area contributed by atoms with E-state index in [1.54, 1.807) is 42.5 Å². The van der Waals surface area contributed by atoms with Crippen LogP contribution >= 0.6 is 0 Å². The first kappa shape index (κ1) is 24.9. The van der Waals surface area contributed by atoms with Gasteiger partial charge in [-0.05, 0) is 54.6 Å². The number of carbonyl (C=O) groups excluding carboxylic acids is 1. The second-order valence-corrected chi connectivity index (χ2v) is 7.73. The predicted octanol–water partition coefficient (Wildman–Crippen LogP) is 3.91. The van der Waals surface area contributed by atoms with Crippen molar-refractivity contribution in [2.45, 2.75) is 25.1 Å². The van der Waals surface area contributed by atoms with Gasteiger partial charge in [-0.15, -0.1) is 10.2 Å². The molecule has 3 N–H and O–H groups in total. The lowest BCUT2D eigenvalue weighted by atomic mass is 10.0. The number of aromatic nitrogens is 5. The molecular formula is C24H20F3N5O4. The molecule has 0 aliphatic rings. The number of aryl methyl sites for hydroxylation is 1. The van der Waals surface area contributed by atoms with E-state index in [2.05, 4.69) is 25.6 Å². The van der Waals surface area contributed by atoms with Gasteiger partial charge in [0.25, 0.3) is 0 Å². The number of hydrogen-bond donors (Lipinski definition) is 3. The molecule has 9 nitrogen and oxygen atoms in total. The van der Waals surface area contributed by atoms with Gasteiger partial charge in [0.1, 0.15) is 17.6 Å². The summed E-state index contributed by atoms with van der Waals surface area (Å²) in [5.74, 6) is -0.0455. The van der Waals surface area contributed by atoms with Gasteiger partial charge in [0.2, 0.25) is 0 Å². The van der Waals surface area contributed by atoms with Gasteiger partial charge < -0.3 is 14.9 Å². The molecule has 2 aromatic carbocycles. The number of nitrogens with zero attached hydrogens (tertiary/aromatic N) is 4. The Morgan fingerprint density at radius 2 is 1.86 bits per heavy atom. The zero-order valence-electron chi connectivity index (χ0n) is 18.6. The van der Waals surface area contributed by atoms with Crippen LogP contribution in [0, 0.1) is 0 Å². The van der Waals surface area contributed by atoms with Crippen LogP contribution in [-0.4, -0.2) is 48.2 Å². The molecule has 4 aromatic rings. The maximum atomic E-state index is 13.3. The van der Waals surface area contributed by atoms with Gasteiger partial charge in [0.05, 0.1) is 29.1 Å². The molecule has 0 fully saturated rings. The summed E-state index contributed by atoms with van der Waals surface area (Å²) in [5, 5.41) is 32.0. The van der Waals surface area contributed by atoms with Gasteiger partial charge in [-0.2, -0.15) is 18.4 Å². The van der Waals surface area contributed by atoms with Gasteiger partial charge >= 0.3 is 6.18 Å². The van der Waals surface area contributed by atoms with E-state index in [4.69, 9.17) is 9.84 Å². The van der Waals surface area contributed by atoms with Crippen LogP contribution < -0.4 is 4.74 Å². The summed E-state index contributed by atoms with van der Waals surface area (Å²) in [5.41, 5.74) is 0.342. The molecule has 0 bridgehead atoms. The number of rotatable bonds is 9. The monoisotopic (exact) mass is 499 g/mol. The number of nitrogens with one attached hydrogen (secondary N) is 1. The Hall–Kier alpha value is -4.16. The first-order valence-corrected chi connectivity index (χ1v) is 10.8. The molecule has 0 saturated carbocycles. The number of hydrogen-bond acceptors (Lipinski definition) is 8. The number of pyridine rings is 1. The van der Waals surface area contributed by atoms with Crippen LogP contribution in [0.2, 0.25) is 0 Å². The van der Waals surface area contributed by atoms with Crippen molar-refractivity contribution < 1.29 is 32.9 Å². The number of H-pyrrole nitrogens is 1. The minimum absolute atomic E-state index is 0.0277. The molecule has 0 spiro atoms. The molecule has 0 saturated heterocycles. The summed E-state index contributed by atoms with van der Waals surface area (Å²) in [4.78, 5) is 17.1. The molecule has 0 unspecified atom stereocenters. The summed E-state index contributed by atoms with van der Waals surface area (Å²) in [7, 11) is 0. The van der Waals surface area contributed by atoms with E-state index in [9.17, 15) is 23.1 Å². The van der Waals surface area contributed by atoms with Crippen LogP contribution in [0.25, 0.3) is 11.3 Å². The number of benzene rings is 2. The fourth-order valence-electron chi connectivity index (χ4n) is 3.37. The Labute approximate surface area is 202 Å². The predicted molar refractivity (Wildman–Crippen MR) is 120 cm³/mol. The minimum Gasteiger partial charge on any atom is -0.457 e. The standard InChI is InChI=1S/C24H20F3N5O4/c25-24(26,27)15-6-10-22(17(12-15)20(34)9-11-23-29-31-32-30-23)36-16-7-4-14(5-8-16)18-2-1-3-19(28-18)21(35)13-33/h1-8,10,12,21,33,35H,9,11,13H2,(H,29,30,31,32)/t21-/m1/s1. The van der Waals surface area contributed by atoms with Crippen molar-refractivity contribution in [3.8, 4) is 22.8 Å². The average Bonchev–Trinajstić information content (AvgIpc) is 3.41. The minimum atomic E-state index is -4.63. The topological polar surface area (TPSA) is 134 Å². The number of tetrazole rings is 1. The quantitative estimate of drug-likeness (QED) is 0.295. The van der Waals surface area contributed by atoms with Crippen LogP contribution in [0.5, 0.6) is 11.5 Å². The van der Waals surface area contributed by atoms with Crippen molar-refractivity contribution in [1.29, 1.82) is 0 Å². The fourth-order valence-corrected chi connectivity index (χ4v) is 3.37. The fraction of sp³-hybridized carbons (Fsp3) is 0.208. The molecule has 12 heteroatoms. The highest BCUT2D eigenvalue weighted by Gasteiger charge is 2.32. The number of aliphatic hydroxyl groups is 2. The van der Waals surface area contributed by atoms with E-state index in [1.807, 2.05) is 0 Å². The van der Waals surface area contributed by atoms with Crippen molar-refractivity contribution >= 4 is 5.78 Å². The summed E-state index contributed by atoms with van der Waals surface area (Å²) in [6, 6.07) is 14.2. The molecule has 0 aliphatic heterocycles. The number of aromatic amines is 1. The molecule has 0 radical (unpaired) electrons. The molecule has 2 aromatic heterocycles. The summed E-state index contributed by atoms with van der Waals surface area (Å²) in [6.45, 7) is -0.466. The highest BCUT2D eigenvalue weighted by atomic mass is 19.4. The maximum absolute atomic E-state index is 13.3. The van der Waals surface area contributed by atoms with E-state index in [-0.39, 0.29) is 35.7 Å². The second kappa shape index (κ2) is 10.6. The lowest BCUT2D eigenvalue weighted by molar-refractivity contribution is -0.137. The molecular weight excluding hydrogens is 479 g/mol. The third kappa shape index (κ3) is 5.90. The van der Waals surface area contributed by atoms with E-state index in [1.165, 1.54) is 0 Å². The van der Waals surface area contributed by atoms with Crippen LogP contribution in [0.15, 0.2) is 60.7 Å². The number of aliphatic hydroxyl groups excluding tert-OH is 2. The highest BCUT2D eigenvalue weighted by Crippen LogP contribution is 2.35. The van der Waals surface area contributed by atoms with Gasteiger partial charge in [0.15, 0.2) is 11.6 Å². The Balaban J connectivity index is 1.57. The van der Waals surface area contributed by atoms with Crippen LogP contribution in [0.4, 0.5) is 13.2 Å². The summed E-state index contributed by atoms with van der Waals surface area (Å²) in [6.07, 6.45) is -5.79. The van der Waals surface area contributed by atoms with E-state index < -0.39 is 30.2 Å². The van der Waals surface area contributed by atoms with Crippen molar-refractivity contribution in [3.63, 3.8) is 0 Å². The first-order valence-electron chi connectivity index (χ1n) is 10.8. The first-order chi connectivity index (χ1) is 17.2. The summed E-state index contributed by atoms with van der Waals surface area (Å²) >= 11 is 0. The number of halogens is 3. The van der Waals surface area contributed by atoms with Crippen molar-refractivity contribution in [1.82, 2.24) is 25.6 Å². The largest absolute Gasteiger partial charge is 0.457 e. The number of carbonyl (C=O) groups is 1. The van der Waals surface area contributed by atoms with Gasteiger partial charge in [-0.1, -0.05) is 11.3 Å². The van der Waals surface area contributed by atoms with E-state index >= 15 is 0 Å². The zero-order valence-corrected chi connectivity index (χ0v) is 18.6. The summed E-state index contributed by atoms with van der Waals surface area (Å²) < 4.78 is 45.6. The molecule has 4 rings (SSSR count). The van der Waals surface area contributed by atoms with Crippen LogP contribution in [-0.2, 0) is 12.6 Å². The molecule has 186 valence electrons. The third-order valence-corrected chi connectivity index (χ3v) is 5.24. The maximum Gasteiger partial charge on any atom is 0.416 e. The van der Waals surface area contributed by atoms with Crippen LogP contribution in [0.3, 0.4) is 0 Å². The van der Waals surface area contributed by atoms with E-state index in [0.717, 1.165) is 18.2 Å². The number of ether oxygens (including phenoxy) is 1. The van der Waals surface area contributed by atoms with Crippen molar-refractivity contribution in [2.24, 2.45) is 0 Å². The van der Waals surface area contributed by atoms with Crippen LogP contribution in [0.1, 0.15) is 40.0 Å². The Morgan fingerprint density at radius 1 is 1.08 bits per heavy atom. The van der Waals surface area contributed by atoms with Gasteiger partial charge in [-0.3, -0.25) is 4.79 Å². The molecule has 0 amide bonds. The van der Waals surface area contributed by atoms with Gasteiger partial charge in [-0.25, -0.2) is 4.98 Å². The molecule has 1 atom stereocenters. The van der Waals surface area contributed by atoms with Crippen molar-refractivity contribution in [2.75, 3.05) is 6.61 Å². The van der Waals surface area contributed by atoms with Crippen molar-refractivity contribution in [3.05, 3.63) is 83.3 Å². The third-order valence-electron chi connectivity index (χ3n) is 5.24. The Morgan fingerprint density at radius 3 is 2.53 bits per heavy atom.